The van der Waals surface area contributed by atoms with Gasteiger partial charge in [-0.05, 0) is 66.2 Å². The van der Waals surface area contributed by atoms with Crippen LogP contribution in [0.25, 0.3) is 11.1 Å². The number of fused-ring (bicyclic) bond motifs is 2. The Balaban J connectivity index is 1.59. The third-order valence-corrected chi connectivity index (χ3v) is 5.30. The molecule has 0 N–H and O–H groups in total. The van der Waals surface area contributed by atoms with Gasteiger partial charge in [0.15, 0.2) is 0 Å². The smallest absolute Gasteiger partial charge is 0.0155 e. The average Bonchev–Trinajstić information content (AvgIpc) is 3.11. The molecular formula is C21H22. The molecule has 2 aliphatic rings. The van der Waals surface area contributed by atoms with Gasteiger partial charge in [0.1, 0.15) is 0 Å². The lowest BCUT2D eigenvalue weighted by Gasteiger charge is -2.18. The van der Waals surface area contributed by atoms with Crippen molar-refractivity contribution in [3.8, 4) is 11.1 Å². The van der Waals surface area contributed by atoms with Crippen molar-refractivity contribution in [2.45, 2.75) is 26.2 Å². The number of hydrogen-bond donors (Lipinski definition) is 0. The largest absolute Gasteiger partial charge is 0.0851 e. The lowest BCUT2D eigenvalue weighted by Crippen LogP contribution is -2.10. The van der Waals surface area contributed by atoms with Gasteiger partial charge < -0.3 is 0 Å². The standard InChI is InChI=1S/C21H22/c1-15-5-2-3-8-21(15)19-7-4-6-16(12-19)13-20-14-17-9-10-18(20)11-17/h2-10,12,17-18,20H,11,13-14H2,1H3. The summed E-state index contributed by atoms with van der Waals surface area (Å²) >= 11 is 0. The molecule has 1 fully saturated rings. The lowest BCUT2D eigenvalue weighted by molar-refractivity contribution is 0.446. The lowest BCUT2D eigenvalue weighted by atomic mass is 9.87. The van der Waals surface area contributed by atoms with Gasteiger partial charge in [-0.25, -0.2) is 0 Å². The molecule has 0 amide bonds. The molecule has 3 unspecified atom stereocenters. The van der Waals surface area contributed by atoms with E-state index in [2.05, 4.69) is 67.6 Å². The van der Waals surface area contributed by atoms with Crippen molar-refractivity contribution in [2.75, 3.05) is 0 Å². The van der Waals surface area contributed by atoms with E-state index in [9.17, 15) is 0 Å². The number of benzene rings is 2. The van der Waals surface area contributed by atoms with Gasteiger partial charge >= 0.3 is 0 Å². The van der Waals surface area contributed by atoms with Crippen LogP contribution >= 0.6 is 0 Å². The molecule has 1 saturated carbocycles. The van der Waals surface area contributed by atoms with E-state index in [1.54, 1.807) is 0 Å². The first-order chi connectivity index (χ1) is 10.3. The first kappa shape index (κ1) is 12.9. The van der Waals surface area contributed by atoms with Crippen LogP contribution in [0.3, 0.4) is 0 Å². The van der Waals surface area contributed by atoms with Crippen molar-refractivity contribution in [3.05, 3.63) is 71.8 Å². The van der Waals surface area contributed by atoms with Crippen molar-refractivity contribution < 1.29 is 0 Å². The Kier molecular flexibility index (Phi) is 3.18. The highest BCUT2D eigenvalue weighted by Gasteiger charge is 2.35. The zero-order valence-electron chi connectivity index (χ0n) is 12.6. The molecule has 2 bridgehead atoms. The fourth-order valence-electron chi connectivity index (χ4n) is 4.19. The second kappa shape index (κ2) is 5.18. The molecule has 3 atom stereocenters. The second-order valence-corrected chi connectivity index (χ2v) is 6.76. The summed E-state index contributed by atoms with van der Waals surface area (Å²) in [6.07, 6.45) is 8.94. The molecule has 2 aromatic rings. The molecule has 0 nitrogen and oxygen atoms in total. The van der Waals surface area contributed by atoms with E-state index in [0.717, 1.165) is 17.8 Å². The molecule has 0 radical (unpaired) electrons. The van der Waals surface area contributed by atoms with Gasteiger partial charge in [-0.2, -0.15) is 0 Å². The van der Waals surface area contributed by atoms with Crippen molar-refractivity contribution in [1.82, 2.24) is 0 Å². The topological polar surface area (TPSA) is 0 Å². The zero-order chi connectivity index (χ0) is 14.2. The third kappa shape index (κ3) is 2.44. The summed E-state index contributed by atoms with van der Waals surface area (Å²) < 4.78 is 0. The van der Waals surface area contributed by atoms with Crippen molar-refractivity contribution in [1.29, 1.82) is 0 Å². The molecule has 0 spiro atoms. The SMILES string of the molecule is Cc1ccccc1-c1cccc(CC2CC3C=CC2C3)c1. The Morgan fingerprint density at radius 1 is 0.952 bits per heavy atom. The molecule has 0 heterocycles. The highest BCUT2D eigenvalue weighted by Crippen LogP contribution is 2.44. The molecule has 0 saturated heterocycles. The maximum absolute atomic E-state index is 2.46. The quantitative estimate of drug-likeness (QED) is 0.656. The van der Waals surface area contributed by atoms with Gasteiger partial charge in [-0.1, -0.05) is 60.7 Å². The predicted molar refractivity (Wildman–Crippen MR) is 89.2 cm³/mol. The summed E-state index contributed by atoms with van der Waals surface area (Å²) in [5.41, 5.74) is 5.59. The second-order valence-electron chi connectivity index (χ2n) is 6.76. The Bertz CT molecular complexity index is 680. The van der Waals surface area contributed by atoms with E-state index in [1.807, 2.05) is 0 Å². The van der Waals surface area contributed by atoms with Crippen LogP contribution in [0.5, 0.6) is 0 Å². The third-order valence-electron chi connectivity index (χ3n) is 5.30. The Hall–Kier alpha value is -1.82. The van der Waals surface area contributed by atoms with Gasteiger partial charge in [0.2, 0.25) is 0 Å². The van der Waals surface area contributed by atoms with Crippen molar-refractivity contribution in [2.24, 2.45) is 17.8 Å². The maximum Gasteiger partial charge on any atom is -0.0155 e. The summed E-state index contributed by atoms with van der Waals surface area (Å²) in [6.45, 7) is 2.20. The minimum atomic E-state index is 0.845. The molecule has 0 aliphatic heterocycles. The summed E-state index contributed by atoms with van der Waals surface area (Å²) in [5, 5.41) is 0. The molecule has 21 heavy (non-hydrogen) atoms. The van der Waals surface area contributed by atoms with Crippen molar-refractivity contribution >= 4 is 0 Å². The van der Waals surface area contributed by atoms with E-state index in [0.29, 0.717) is 0 Å². The van der Waals surface area contributed by atoms with Crippen LogP contribution in [0.2, 0.25) is 0 Å². The predicted octanol–water partition coefficient (Wildman–Crippen LogP) is 5.42. The fraction of sp³-hybridized carbons (Fsp3) is 0.333. The zero-order valence-corrected chi connectivity index (χ0v) is 12.6. The van der Waals surface area contributed by atoms with Crippen LogP contribution in [0, 0.1) is 24.7 Å². The number of allylic oxidation sites excluding steroid dienone is 2. The van der Waals surface area contributed by atoms with E-state index in [4.69, 9.17) is 0 Å². The highest BCUT2D eigenvalue weighted by molar-refractivity contribution is 5.67. The van der Waals surface area contributed by atoms with Gasteiger partial charge in [-0.3, -0.25) is 0 Å². The molecule has 106 valence electrons. The fourth-order valence-corrected chi connectivity index (χ4v) is 4.19. The van der Waals surface area contributed by atoms with Gasteiger partial charge in [0.05, 0.1) is 0 Å². The summed E-state index contributed by atoms with van der Waals surface area (Å²) in [4.78, 5) is 0. The van der Waals surface area contributed by atoms with Crippen LogP contribution in [0.1, 0.15) is 24.0 Å². The van der Waals surface area contributed by atoms with Crippen LogP contribution in [-0.2, 0) is 6.42 Å². The van der Waals surface area contributed by atoms with Crippen LogP contribution < -0.4 is 0 Å². The van der Waals surface area contributed by atoms with E-state index in [1.165, 1.54) is 41.5 Å². The minimum Gasteiger partial charge on any atom is -0.0851 e. The molecule has 0 heteroatoms. The molecule has 2 aromatic carbocycles. The van der Waals surface area contributed by atoms with Crippen LogP contribution in [-0.4, -0.2) is 0 Å². The van der Waals surface area contributed by atoms with E-state index in [-0.39, 0.29) is 0 Å². The Labute approximate surface area is 127 Å². The summed E-state index contributed by atoms with van der Waals surface area (Å²) in [5.74, 6) is 2.59. The minimum absolute atomic E-state index is 0.845. The van der Waals surface area contributed by atoms with Gasteiger partial charge in [-0.15, -0.1) is 0 Å². The van der Waals surface area contributed by atoms with Gasteiger partial charge in [0, 0.05) is 0 Å². The number of hydrogen-bond acceptors (Lipinski definition) is 0. The molecule has 2 aliphatic carbocycles. The van der Waals surface area contributed by atoms with E-state index >= 15 is 0 Å². The normalized spacial score (nSPS) is 26.4. The highest BCUT2D eigenvalue weighted by atomic mass is 14.4. The first-order valence-corrected chi connectivity index (χ1v) is 8.13. The van der Waals surface area contributed by atoms with Gasteiger partial charge in [0.25, 0.3) is 0 Å². The molecular weight excluding hydrogens is 252 g/mol. The number of aryl methyl sites for hydroxylation is 1. The first-order valence-electron chi connectivity index (χ1n) is 8.13. The Morgan fingerprint density at radius 2 is 1.86 bits per heavy atom. The van der Waals surface area contributed by atoms with Crippen molar-refractivity contribution in [3.63, 3.8) is 0 Å². The monoisotopic (exact) mass is 274 g/mol. The average molecular weight is 274 g/mol. The van der Waals surface area contributed by atoms with Crippen LogP contribution in [0.15, 0.2) is 60.7 Å². The molecule has 4 rings (SSSR count). The Morgan fingerprint density at radius 3 is 2.62 bits per heavy atom. The summed E-state index contributed by atoms with van der Waals surface area (Å²) in [7, 11) is 0. The number of rotatable bonds is 3. The maximum atomic E-state index is 2.46. The van der Waals surface area contributed by atoms with Crippen LogP contribution in [0.4, 0.5) is 0 Å². The summed E-state index contributed by atoms with van der Waals surface area (Å²) in [6, 6.07) is 17.8. The van der Waals surface area contributed by atoms with E-state index < -0.39 is 0 Å². The molecule has 0 aromatic heterocycles.